The molecule has 0 radical (unpaired) electrons. The van der Waals surface area contributed by atoms with Gasteiger partial charge in [0.15, 0.2) is 0 Å². The molecule has 1 aliphatic carbocycles. The van der Waals surface area contributed by atoms with Gasteiger partial charge in [-0.2, -0.15) is 0 Å². The van der Waals surface area contributed by atoms with Crippen LogP contribution in [0.4, 0.5) is 0 Å². The second-order valence-corrected chi connectivity index (χ2v) is 7.33. The molecule has 1 saturated carbocycles. The number of nitrogens with zero attached hydrogens (tertiary/aromatic N) is 2. The minimum absolute atomic E-state index is 0.315. The van der Waals surface area contributed by atoms with Crippen LogP contribution in [0.3, 0.4) is 0 Å². The highest BCUT2D eigenvalue weighted by atomic mass is 32.1. The Bertz CT molecular complexity index is 587. The van der Waals surface area contributed by atoms with Crippen molar-refractivity contribution in [1.29, 1.82) is 0 Å². The van der Waals surface area contributed by atoms with Gasteiger partial charge in [-0.25, -0.2) is 4.98 Å². The Morgan fingerprint density at radius 2 is 2.43 bits per heavy atom. The zero-order chi connectivity index (χ0) is 15.5. The molecular weight excluding hydrogens is 310 g/mol. The molecule has 2 aliphatic rings. The Kier molecular flexibility index (Phi) is 4.75. The summed E-state index contributed by atoms with van der Waals surface area (Å²) in [6.45, 7) is 4.23. The molecule has 23 heavy (non-hydrogen) atoms. The monoisotopic (exact) mass is 333 g/mol. The van der Waals surface area contributed by atoms with Crippen LogP contribution in [0.5, 0.6) is 0 Å². The molecule has 0 amide bonds. The fraction of sp³-hybridized carbons (Fsp3) is 0.588. The number of hydrogen-bond acceptors (Lipinski definition) is 5. The summed E-state index contributed by atoms with van der Waals surface area (Å²) in [5.41, 5.74) is 1.29. The van der Waals surface area contributed by atoms with E-state index in [2.05, 4.69) is 27.0 Å². The van der Waals surface area contributed by atoms with Crippen LogP contribution >= 0.6 is 11.3 Å². The Labute approximate surface area is 140 Å². The van der Waals surface area contributed by atoms with Crippen molar-refractivity contribution >= 4 is 11.3 Å². The summed E-state index contributed by atoms with van der Waals surface area (Å²) in [4.78, 5) is 10.1. The van der Waals surface area contributed by atoms with Crippen molar-refractivity contribution in [3.05, 3.63) is 40.6 Å². The lowest BCUT2D eigenvalue weighted by molar-refractivity contribution is -0.0894. The van der Waals surface area contributed by atoms with Gasteiger partial charge in [0, 0.05) is 48.5 Å². The molecule has 2 fully saturated rings. The summed E-state index contributed by atoms with van der Waals surface area (Å²) in [5, 5.41) is 3.05. The van der Waals surface area contributed by atoms with Gasteiger partial charge in [0.05, 0.1) is 25.9 Å². The number of H-pyrrole nitrogens is 1. The van der Waals surface area contributed by atoms with Crippen LogP contribution < -0.4 is 0 Å². The van der Waals surface area contributed by atoms with E-state index in [1.165, 1.54) is 18.5 Å². The molecule has 5 nitrogen and oxygen atoms in total. The van der Waals surface area contributed by atoms with E-state index >= 15 is 0 Å². The molecule has 6 heteroatoms. The molecule has 2 aromatic heterocycles. The van der Waals surface area contributed by atoms with Gasteiger partial charge in [0.1, 0.15) is 5.01 Å². The van der Waals surface area contributed by atoms with Gasteiger partial charge >= 0.3 is 0 Å². The summed E-state index contributed by atoms with van der Waals surface area (Å²) in [7, 11) is 0. The molecule has 0 aromatic carbocycles. The minimum atomic E-state index is 0.315. The molecular formula is C17H23N3O2S. The van der Waals surface area contributed by atoms with Crippen molar-refractivity contribution in [3.8, 4) is 0 Å². The zero-order valence-corrected chi connectivity index (χ0v) is 14.0. The van der Waals surface area contributed by atoms with Gasteiger partial charge in [-0.05, 0) is 25.0 Å². The van der Waals surface area contributed by atoms with Gasteiger partial charge in [-0.15, -0.1) is 11.3 Å². The van der Waals surface area contributed by atoms with Crippen molar-refractivity contribution in [2.45, 2.75) is 38.1 Å². The van der Waals surface area contributed by atoms with Crippen LogP contribution in [0, 0.1) is 5.92 Å². The largest absolute Gasteiger partial charge is 0.375 e. The number of nitrogens with one attached hydrogen (secondary N) is 1. The summed E-state index contributed by atoms with van der Waals surface area (Å²) in [6, 6.07) is 4.76. The summed E-state index contributed by atoms with van der Waals surface area (Å²) in [6.07, 6.45) is 6.54. The van der Waals surface area contributed by atoms with Gasteiger partial charge in [-0.3, -0.25) is 4.90 Å². The highest BCUT2D eigenvalue weighted by Crippen LogP contribution is 2.35. The number of hydrogen-bond donors (Lipinski definition) is 1. The van der Waals surface area contributed by atoms with Crippen molar-refractivity contribution < 1.29 is 9.47 Å². The highest BCUT2D eigenvalue weighted by molar-refractivity contribution is 7.09. The first-order valence-electron chi connectivity index (χ1n) is 8.34. The average Bonchev–Trinajstić information content (AvgIpc) is 3.30. The van der Waals surface area contributed by atoms with E-state index in [9.17, 15) is 0 Å². The third-order valence-corrected chi connectivity index (χ3v) is 5.66. The van der Waals surface area contributed by atoms with Crippen LogP contribution in [-0.2, 0) is 22.6 Å². The fourth-order valence-electron chi connectivity index (χ4n) is 3.82. The second kappa shape index (κ2) is 7.13. The Hall–Kier alpha value is -1.21. The highest BCUT2D eigenvalue weighted by Gasteiger charge is 2.42. The minimum Gasteiger partial charge on any atom is -0.375 e. The van der Waals surface area contributed by atoms with Crippen LogP contribution in [0.2, 0.25) is 0 Å². The molecule has 1 aliphatic heterocycles. The number of rotatable bonds is 6. The van der Waals surface area contributed by atoms with E-state index in [0.29, 0.717) is 24.7 Å². The number of aromatic amines is 1. The molecule has 3 heterocycles. The molecule has 124 valence electrons. The second-order valence-electron chi connectivity index (χ2n) is 6.35. The first-order chi connectivity index (χ1) is 11.4. The number of fused-ring (bicyclic) bond motifs is 1. The van der Waals surface area contributed by atoms with Gasteiger partial charge in [-0.1, -0.05) is 0 Å². The predicted molar refractivity (Wildman–Crippen MR) is 89.2 cm³/mol. The maximum absolute atomic E-state index is 6.11. The molecule has 3 atom stereocenters. The molecule has 0 spiro atoms. The van der Waals surface area contributed by atoms with Crippen LogP contribution in [0.25, 0.3) is 0 Å². The number of ether oxygens (including phenoxy) is 2. The molecule has 1 saturated heterocycles. The van der Waals surface area contributed by atoms with E-state index in [-0.39, 0.29) is 0 Å². The third kappa shape index (κ3) is 3.50. The normalized spacial score (nSPS) is 28.1. The smallest absolute Gasteiger partial charge is 0.118 e. The van der Waals surface area contributed by atoms with Crippen LogP contribution in [0.1, 0.15) is 23.5 Å². The average molecular weight is 333 g/mol. The molecule has 4 rings (SSSR count). The van der Waals surface area contributed by atoms with E-state index in [0.717, 1.165) is 31.3 Å². The van der Waals surface area contributed by atoms with Crippen LogP contribution in [0.15, 0.2) is 29.9 Å². The van der Waals surface area contributed by atoms with Gasteiger partial charge in [0.2, 0.25) is 0 Å². The molecule has 1 N–H and O–H groups in total. The standard InChI is InChI=1S/C17H23N3O2S/c1-2-14(18-5-1)10-20-7-8-22-17-13(3-4-15(17)20)11-21-12-16-19-6-9-23-16/h1-2,5-6,9,13,15,17-18H,3-4,7-8,10-12H2/t13-,15+,17-/m1/s1. The van der Waals surface area contributed by atoms with Crippen molar-refractivity contribution in [2.75, 3.05) is 19.8 Å². The molecule has 2 aromatic rings. The van der Waals surface area contributed by atoms with E-state index in [1.807, 2.05) is 17.8 Å². The lowest BCUT2D eigenvalue weighted by Crippen LogP contribution is -2.50. The quantitative estimate of drug-likeness (QED) is 0.883. The van der Waals surface area contributed by atoms with Crippen molar-refractivity contribution in [3.63, 3.8) is 0 Å². The Morgan fingerprint density at radius 3 is 3.26 bits per heavy atom. The topological polar surface area (TPSA) is 50.4 Å². The van der Waals surface area contributed by atoms with Gasteiger partial charge < -0.3 is 14.5 Å². The van der Waals surface area contributed by atoms with E-state index in [4.69, 9.17) is 9.47 Å². The van der Waals surface area contributed by atoms with Crippen molar-refractivity contribution in [2.24, 2.45) is 5.92 Å². The molecule has 0 bridgehead atoms. The zero-order valence-electron chi connectivity index (χ0n) is 13.2. The predicted octanol–water partition coefficient (Wildman–Crippen LogP) is 2.67. The van der Waals surface area contributed by atoms with Crippen molar-refractivity contribution in [1.82, 2.24) is 14.9 Å². The number of morpholine rings is 1. The first-order valence-corrected chi connectivity index (χ1v) is 9.22. The lowest BCUT2D eigenvalue weighted by Gasteiger charge is -2.39. The Balaban J connectivity index is 1.31. The summed E-state index contributed by atoms with van der Waals surface area (Å²) in [5.74, 6) is 0.506. The van der Waals surface area contributed by atoms with Crippen LogP contribution in [-0.4, -0.2) is 46.8 Å². The Morgan fingerprint density at radius 1 is 1.43 bits per heavy atom. The SMILES string of the molecule is c1c[nH]c(CN2CCO[C@@H]3[C@@H](COCc4nccs4)CC[C@@H]32)c1. The van der Waals surface area contributed by atoms with Gasteiger partial charge in [0.25, 0.3) is 0 Å². The number of thiazole rings is 1. The maximum Gasteiger partial charge on any atom is 0.118 e. The lowest BCUT2D eigenvalue weighted by atomic mass is 10.0. The summed E-state index contributed by atoms with van der Waals surface area (Å²) >= 11 is 1.65. The fourth-order valence-corrected chi connectivity index (χ4v) is 4.37. The molecule has 0 unspecified atom stereocenters. The van der Waals surface area contributed by atoms with E-state index in [1.54, 1.807) is 11.3 Å². The van der Waals surface area contributed by atoms with E-state index < -0.39 is 0 Å². The third-order valence-electron chi connectivity index (χ3n) is 4.91. The first kappa shape index (κ1) is 15.3. The maximum atomic E-state index is 6.11. The summed E-state index contributed by atoms with van der Waals surface area (Å²) < 4.78 is 12.0. The number of aromatic nitrogens is 2.